The number of aliphatic hydroxyl groups is 3. The van der Waals surface area contributed by atoms with E-state index in [1.807, 2.05) is 0 Å². The first-order chi connectivity index (χ1) is 16.6. The van der Waals surface area contributed by atoms with Crippen LogP contribution in [0.25, 0.3) is 11.0 Å². The van der Waals surface area contributed by atoms with Crippen LogP contribution in [-0.2, 0) is 18.8 Å². The minimum atomic E-state index is -5.24. The molecule has 4 rings (SSSR count). The van der Waals surface area contributed by atoms with Crippen molar-refractivity contribution in [2.24, 2.45) is 0 Å². The van der Waals surface area contributed by atoms with Gasteiger partial charge in [0.15, 0.2) is 24.8 Å². The summed E-state index contributed by atoms with van der Waals surface area (Å²) in [4.78, 5) is 29.9. The fourth-order valence-electron chi connectivity index (χ4n) is 4.38. The summed E-state index contributed by atoms with van der Waals surface area (Å²) in [5.41, 5.74) is 0.256. The molecule has 1 saturated carbocycles. The van der Waals surface area contributed by atoms with Crippen LogP contribution >= 0.6 is 19.2 Å². The highest BCUT2D eigenvalue weighted by atomic mass is 35.5. The first-order valence-electron chi connectivity index (χ1n) is 11.1. The molecule has 0 radical (unpaired) electrons. The molecule has 0 aromatic carbocycles. The summed E-state index contributed by atoms with van der Waals surface area (Å²) in [5.74, 6) is 0.493. The molecule has 2 aromatic rings. The van der Waals surface area contributed by atoms with Crippen LogP contribution in [0.15, 0.2) is 6.20 Å². The maximum atomic E-state index is 11.8. The third-order valence-corrected chi connectivity index (χ3v) is 7.95. The topological polar surface area (TPSA) is 204 Å². The van der Waals surface area contributed by atoms with Crippen molar-refractivity contribution in [3.8, 4) is 0 Å². The van der Waals surface area contributed by atoms with Crippen LogP contribution in [0, 0.1) is 0 Å². The van der Waals surface area contributed by atoms with Gasteiger partial charge in [-0.15, -0.1) is 0 Å². The Hall–Kier alpha value is -1.45. The molecule has 0 amide bonds. The minimum absolute atomic E-state index is 0.0471. The zero-order valence-corrected chi connectivity index (χ0v) is 20.5. The second kappa shape index (κ2) is 10.5. The number of halogens is 1. The molecular formula is C19H28ClN5O9P-. The number of aliphatic hydroxyl groups excluding tert-OH is 3. The molecule has 0 bridgehead atoms. The number of nitrogens with zero attached hydrogens (tertiary/aromatic N) is 4. The molecule has 2 fully saturated rings. The lowest BCUT2D eigenvalue weighted by Gasteiger charge is -2.39. The minimum Gasteiger partial charge on any atom is -0.776 e. The molecule has 2 aromatic heterocycles. The quantitative estimate of drug-likeness (QED) is 0.189. The predicted octanol–water partition coefficient (Wildman–Crippen LogP) is -0.649. The Morgan fingerprint density at radius 1 is 1.34 bits per heavy atom. The smallest absolute Gasteiger partial charge is 0.226 e. The van der Waals surface area contributed by atoms with Gasteiger partial charge in [-0.05, 0) is 24.4 Å². The zero-order chi connectivity index (χ0) is 25.4. The average Bonchev–Trinajstić information content (AvgIpc) is 3.52. The van der Waals surface area contributed by atoms with Gasteiger partial charge in [-0.2, -0.15) is 15.1 Å². The number of anilines is 1. The van der Waals surface area contributed by atoms with Gasteiger partial charge >= 0.3 is 0 Å². The highest BCUT2D eigenvalue weighted by Crippen LogP contribution is 2.48. The number of nitrogens with one attached hydrogen (secondary N) is 1. The molecule has 3 heterocycles. The summed E-state index contributed by atoms with van der Waals surface area (Å²) in [6.45, 7) is -2.39. The van der Waals surface area contributed by atoms with Gasteiger partial charge in [0.25, 0.3) is 0 Å². The number of hydrogen-bond donors (Lipinski definition) is 5. The Labute approximate surface area is 205 Å². The lowest BCUT2D eigenvalue weighted by Crippen LogP contribution is -2.47. The first kappa shape index (κ1) is 26.6. The fraction of sp³-hybridized carbons (Fsp3) is 0.737. The van der Waals surface area contributed by atoms with E-state index in [9.17, 15) is 29.7 Å². The van der Waals surface area contributed by atoms with Crippen molar-refractivity contribution in [3.63, 3.8) is 0 Å². The summed E-state index contributed by atoms with van der Waals surface area (Å²) >= 11 is 6.14. The van der Waals surface area contributed by atoms with Crippen molar-refractivity contribution in [1.29, 1.82) is 0 Å². The monoisotopic (exact) mass is 536 g/mol. The highest BCUT2D eigenvalue weighted by molar-refractivity contribution is 7.52. The van der Waals surface area contributed by atoms with E-state index >= 15 is 0 Å². The van der Waals surface area contributed by atoms with Crippen LogP contribution in [0.5, 0.6) is 0 Å². The molecule has 196 valence electrons. The number of ether oxygens (including phenoxy) is 3. The van der Waals surface area contributed by atoms with Crippen LogP contribution in [0.1, 0.15) is 31.9 Å². The number of rotatable bonds is 10. The molecule has 1 aliphatic heterocycles. The maximum absolute atomic E-state index is 11.8. The maximum Gasteiger partial charge on any atom is 0.226 e. The number of fused-ring (bicyclic) bond motifs is 1. The highest BCUT2D eigenvalue weighted by Gasteiger charge is 2.48. The van der Waals surface area contributed by atoms with Crippen molar-refractivity contribution < 1.29 is 43.9 Å². The van der Waals surface area contributed by atoms with Crippen LogP contribution in [0.3, 0.4) is 0 Å². The fourth-order valence-corrected chi connectivity index (χ4v) is 5.25. The Morgan fingerprint density at radius 3 is 2.69 bits per heavy atom. The van der Waals surface area contributed by atoms with E-state index in [0.29, 0.717) is 11.2 Å². The van der Waals surface area contributed by atoms with Crippen LogP contribution in [-0.4, -0.2) is 96.6 Å². The van der Waals surface area contributed by atoms with Gasteiger partial charge in [0.1, 0.15) is 24.1 Å². The first-order valence-corrected chi connectivity index (χ1v) is 13.0. The Bertz CT molecular complexity index is 1080. The van der Waals surface area contributed by atoms with Crippen molar-refractivity contribution in [2.45, 2.75) is 61.6 Å². The molecule has 14 nitrogen and oxygen atoms in total. The third kappa shape index (κ3) is 5.18. The van der Waals surface area contributed by atoms with Crippen molar-refractivity contribution in [3.05, 3.63) is 11.5 Å². The summed E-state index contributed by atoms with van der Waals surface area (Å²) < 4.78 is 28.9. The summed E-state index contributed by atoms with van der Waals surface area (Å²) in [6.07, 6.45) is 0.241. The van der Waals surface area contributed by atoms with Crippen LogP contribution in [0.2, 0.25) is 5.28 Å². The summed E-state index contributed by atoms with van der Waals surface area (Å²) in [5, 5.41) is 36.4. The number of methoxy groups -OCH3 is 1. The molecule has 6 atom stereocenters. The molecule has 1 aliphatic carbocycles. The average molecular weight is 537 g/mol. The van der Waals surface area contributed by atoms with E-state index in [1.165, 1.54) is 10.9 Å². The molecular weight excluding hydrogens is 509 g/mol. The number of hydrogen-bond acceptors (Lipinski definition) is 12. The number of aromatic nitrogens is 4. The zero-order valence-electron chi connectivity index (χ0n) is 18.9. The van der Waals surface area contributed by atoms with Gasteiger partial charge in [0.05, 0.1) is 31.4 Å². The SMILES string of the molecule is COC[C@](CO)(OC[C@H]1O[C@@H](n2ncc3c(NC4CCCC4)nc(Cl)nc32)[C@H](O)[C@@H]1O)P(=O)([O-])O. The second-order valence-corrected chi connectivity index (χ2v) is 10.9. The van der Waals surface area contributed by atoms with Gasteiger partial charge in [-0.25, -0.2) is 4.68 Å². The van der Waals surface area contributed by atoms with Crippen molar-refractivity contribution >= 4 is 36.0 Å². The lowest BCUT2D eigenvalue weighted by atomic mass is 10.1. The van der Waals surface area contributed by atoms with Gasteiger partial charge in [-0.3, -0.25) is 0 Å². The van der Waals surface area contributed by atoms with Gasteiger partial charge in [0, 0.05) is 13.2 Å². The normalized spacial score (nSPS) is 28.9. The van der Waals surface area contributed by atoms with Gasteiger partial charge < -0.3 is 49.2 Å². The second-order valence-electron chi connectivity index (χ2n) is 8.71. The molecule has 1 unspecified atom stereocenters. The Kier molecular flexibility index (Phi) is 7.98. The molecule has 0 spiro atoms. The van der Waals surface area contributed by atoms with Gasteiger partial charge in [0.2, 0.25) is 5.28 Å². The van der Waals surface area contributed by atoms with E-state index in [0.717, 1.165) is 32.8 Å². The van der Waals surface area contributed by atoms with Crippen molar-refractivity contribution in [1.82, 2.24) is 19.7 Å². The van der Waals surface area contributed by atoms with Gasteiger partial charge in [-0.1, -0.05) is 12.8 Å². The molecule has 5 N–H and O–H groups in total. The molecule has 16 heteroatoms. The van der Waals surface area contributed by atoms with Crippen LogP contribution in [0.4, 0.5) is 5.82 Å². The largest absolute Gasteiger partial charge is 0.776 e. The van der Waals surface area contributed by atoms with Crippen LogP contribution < -0.4 is 10.2 Å². The lowest BCUT2D eigenvalue weighted by molar-refractivity contribution is -0.227. The summed E-state index contributed by atoms with van der Waals surface area (Å²) in [6, 6.07) is 0.242. The van der Waals surface area contributed by atoms with Crippen molar-refractivity contribution in [2.75, 3.05) is 32.2 Å². The summed E-state index contributed by atoms with van der Waals surface area (Å²) in [7, 11) is -4.08. The van der Waals surface area contributed by atoms with E-state index in [4.69, 9.17) is 25.8 Å². The third-order valence-electron chi connectivity index (χ3n) is 6.35. The molecule has 1 saturated heterocycles. The van der Waals surface area contributed by atoms with E-state index in [2.05, 4.69) is 20.4 Å². The Balaban J connectivity index is 1.56. The Morgan fingerprint density at radius 2 is 2.06 bits per heavy atom. The molecule has 35 heavy (non-hydrogen) atoms. The standard InChI is InChI=1S/C19H29ClN5O9P/c1-32-9-19(8-26,35(29,30)31)33-7-12-13(27)14(28)17(34-12)25-16-11(6-21-25)15(23-18(20)24-16)22-10-4-2-3-5-10/h6,10,12-14,17,26-28H,2-5,7-9H2,1H3,(H,22,23,24)(H2,29,30,31)/p-1/t12-,13-,14-,17-,19-/m1/s1. The van der Waals surface area contributed by atoms with E-state index < -0.39 is 57.3 Å². The molecule has 2 aliphatic rings. The van der Waals surface area contributed by atoms with E-state index in [-0.39, 0.29) is 17.0 Å². The predicted molar refractivity (Wildman–Crippen MR) is 120 cm³/mol. The van der Waals surface area contributed by atoms with E-state index in [1.54, 1.807) is 0 Å².